The first-order valence-corrected chi connectivity index (χ1v) is 12.9. The maximum atomic E-state index is 12.6. The first kappa shape index (κ1) is 25.2. The Morgan fingerprint density at radius 3 is 2.39 bits per heavy atom. The lowest BCUT2D eigenvalue weighted by Gasteiger charge is -2.27. The molecule has 0 bridgehead atoms. The van der Waals surface area contributed by atoms with E-state index in [-0.39, 0.29) is 17.2 Å². The fourth-order valence-corrected chi connectivity index (χ4v) is 5.05. The largest absolute Gasteiger partial charge is 0.496 e. The summed E-state index contributed by atoms with van der Waals surface area (Å²) in [5, 5.41) is 3.02. The van der Waals surface area contributed by atoms with Crippen LogP contribution in [0.2, 0.25) is 0 Å². The number of sulfonamides is 1. The van der Waals surface area contributed by atoms with Crippen LogP contribution in [0.1, 0.15) is 42.4 Å². The monoisotopic (exact) mass is 473 g/mol. The lowest BCUT2D eigenvalue weighted by Crippen LogP contribution is -2.30. The molecule has 1 amide bonds. The van der Waals surface area contributed by atoms with Gasteiger partial charge in [0.05, 0.1) is 12.0 Å². The van der Waals surface area contributed by atoms with Crippen LogP contribution in [0.5, 0.6) is 5.75 Å². The van der Waals surface area contributed by atoms with Gasteiger partial charge in [-0.15, -0.1) is 0 Å². The highest BCUT2D eigenvalue weighted by Gasteiger charge is 2.19. The number of likely N-dealkylation sites (tertiary alicyclic amines) is 1. The van der Waals surface area contributed by atoms with E-state index in [2.05, 4.69) is 22.3 Å². The molecule has 33 heavy (non-hydrogen) atoms. The summed E-state index contributed by atoms with van der Waals surface area (Å²) in [5.41, 5.74) is 3.08. The van der Waals surface area contributed by atoms with Crippen molar-refractivity contribution in [1.82, 2.24) is 14.5 Å². The predicted molar refractivity (Wildman–Crippen MR) is 130 cm³/mol. The summed E-state index contributed by atoms with van der Waals surface area (Å²) in [6, 6.07) is 13.0. The fraction of sp³-hybridized carbons (Fsp3) is 0.480. The highest BCUT2D eigenvalue weighted by molar-refractivity contribution is 7.89. The minimum Gasteiger partial charge on any atom is -0.496 e. The third-order valence-electron chi connectivity index (χ3n) is 6.09. The zero-order valence-electron chi connectivity index (χ0n) is 19.8. The van der Waals surface area contributed by atoms with E-state index in [1.807, 2.05) is 12.1 Å². The molecule has 0 unspecified atom stereocenters. The van der Waals surface area contributed by atoms with Crippen molar-refractivity contribution in [3.05, 3.63) is 59.2 Å². The van der Waals surface area contributed by atoms with Crippen LogP contribution < -0.4 is 10.1 Å². The van der Waals surface area contributed by atoms with E-state index >= 15 is 0 Å². The van der Waals surface area contributed by atoms with E-state index in [4.69, 9.17) is 4.74 Å². The summed E-state index contributed by atoms with van der Waals surface area (Å²) in [6.45, 7) is 3.65. The van der Waals surface area contributed by atoms with Crippen LogP contribution in [0.3, 0.4) is 0 Å². The van der Waals surface area contributed by atoms with Gasteiger partial charge in [-0.25, -0.2) is 12.7 Å². The summed E-state index contributed by atoms with van der Waals surface area (Å²) < 4.78 is 31.5. The Labute approximate surface area is 197 Å². The van der Waals surface area contributed by atoms with Crippen LogP contribution >= 0.6 is 0 Å². The number of carbonyl (C=O) groups is 1. The number of methoxy groups -OCH3 is 1. The SMILES string of the molecule is COc1ccc(S(=O)(=O)N(C)C)cc1CCC(=O)NCc1ccccc1CN1CCCCC1. The molecule has 0 radical (unpaired) electrons. The second-order valence-corrected chi connectivity index (χ2v) is 10.8. The minimum atomic E-state index is -3.55. The zero-order chi connectivity index (χ0) is 23.8. The van der Waals surface area contributed by atoms with E-state index in [0.717, 1.165) is 25.2 Å². The molecule has 1 aliphatic rings. The predicted octanol–water partition coefficient (Wildman–Crippen LogP) is 3.18. The molecule has 2 aromatic carbocycles. The van der Waals surface area contributed by atoms with Crippen molar-refractivity contribution < 1.29 is 17.9 Å². The third-order valence-corrected chi connectivity index (χ3v) is 7.90. The Morgan fingerprint density at radius 2 is 1.73 bits per heavy atom. The molecule has 0 spiro atoms. The maximum Gasteiger partial charge on any atom is 0.242 e. The van der Waals surface area contributed by atoms with Crippen molar-refractivity contribution in [1.29, 1.82) is 0 Å². The molecule has 1 heterocycles. The second-order valence-electron chi connectivity index (χ2n) is 8.64. The first-order chi connectivity index (χ1) is 15.8. The Hall–Kier alpha value is -2.42. The number of hydrogen-bond acceptors (Lipinski definition) is 5. The van der Waals surface area contributed by atoms with Crippen LogP contribution in [0.4, 0.5) is 0 Å². The third kappa shape index (κ3) is 6.79. The molecule has 7 nitrogen and oxygen atoms in total. The Balaban J connectivity index is 1.60. The molecule has 2 aromatic rings. The molecule has 0 aromatic heterocycles. The maximum absolute atomic E-state index is 12.6. The average molecular weight is 474 g/mol. The number of benzene rings is 2. The molecule has 1 fully saturated rings. The molecular formula is C25H35N3O4S. The van der Waals surface area contributed by atoms with Crippen LogP contribution in [0.25, 0.3) is 0 Å². The van der Waals surface area contributed by atoms with Crippen molar-refractivity contribution in [3.63, 3.8) is 0 Å². The number of hydrogen-bond donors (Lipinski definition) is 1. The van der Waals surface area contributed by atoms with E-state index in [9.17, 15) is 13.2 Å². The second kappa shape index (κ2) is 11.6. The molecular weight excluding hydrogens is 438 g/mol. The molecule has 0 saturated carbocycles. The van der Waals surface area contributed by atoms with Gasteiger partial charge in [-0.3, -0.25) is 9.69 Å². The van der Waals surface area contributed by atoms with E-state index in [1.165, 1.54) is 56.4 Å². The number of amides is 1. The van der Waals surface area contributed by atoms with Gasteiger partial charge in [0.15, 0.2) is 0 Å². The Morgan fingerprint density at radius 1 is 1.03 bits per heavy atom. The topological polar surface area (TPSA) is 79.0 Å². The molecule has 1 N–H and O–H groups in total. The fourth-order valence-electron chi connectivity index (χ4n) is 4.09. The smallest absolute Gasteiger partial charge is 0.242 e. The molecule has 1 aliphatic heterocycles. The summed E-state index contributed by atoms with van der Waals surface area (Å²) in [6.07, 6.45) is 4.44. The highest BCUT2D eigenvalue weighted by Crippen LogP contribution is 2.25. The molecule has 180 valence electrons. The zero-order valence-corrected chi connectivity index (χ0v) is 20.7. The van der Waals surface area contributed by atoms with E-state index in [1.54, 1.807) is 12.1 Å². The molecule has 8 heteroatoms. The summed E-state index contributed by atoms with van der Waals surface area (Å²) in [7, 11) is 0.979. The quantitative estimate of drug-likeness (QED) is 0.573. The van der Waals surface area contributed by atoms with Gasteiger partial charge in [-0.05, 0) is 67.2 Å². The first-order valence-electron chi connectivity index (χ1n) is 11.5. The van der Waals surface area contributed by atoms with Gasteiger partial charge in [-0.1, -0.05) is 30.7 Å². The van der Waals surface area contributed by atoms with Crippen molar-refractivity contribution >= 4 is 15.9 Å². The van der Waals surface area contributed by atoms with Crippen molar-refractivity contribution in [2.24, 2.45) is 0 Å². The van der Waals surface area contributed by atoms with Crippen LogP contribution in [-0.2, 0) is 34.3 Å². The van der Waals surface area contributed by atoms with Crippen molar-refractivity contribution in [2.45, 2.75) is 50.1 Å². The normalized spacial score (nSPS) is 14.9. The van der Waals surface area contributed by atoms with Crippen LogP contribution in [-0.4, -0.2) is 57.8 Å². The van der Waals surface area contributed by atoms with E-state index in [0.29, 0.717) is 24.3 Å². The van der Waals surface area contributed by atoms with Gasteiger partial charge in [-0.2, -0.15) is 0 Å². The standard InChI is InChI=1S/C25H35N3O4S/c1-27(2)33(30,31)23-12-13-24(32-3)20(17-23)11-14-25(29)26-18-21-9-5-6-10-22(21)19-28-15-7-4-8-16-28/h5-6,9-10,12-13,17H,4,7-8,11,14-16,18-19H2,1-3H3,(H,26,29). The van der Waals surface area contributed by atoms with Gasteiger partial charge >= 0.3 is 0 Å². The number of carbonyl (C=O) groups excluding carboxylic acids is 1. The summed E-state index contributed by atoms with van der Waals surface area (Å²) >= 11 is 0. The van der Waals surface area contributed by atoms with Gasteiger partial charge < -0.3 is 10.1 Å². The average Bonchev–Trinajstić information content (AvgIpc) is 2.82. The van der Waals surface area contributed by atoms with Crippen molar-refractivity contribution in [3.8, 4) is 5.75 Å². The number of nitrogens with one attached hydrogen (secondary N) is 1. The molecule has 0 aliphatic carbocycles. The Kier molecular flexibility index (Phi) is 8.88. The van der Waals surface area contributed by atoms with Gasteiger partial charge in [0.1, 0.15) is 5.75 Å². The summed E-state index contributed by atoms with van der Waals surface area (Å²) in [4.78, 5) is 15.3. The lowest BCUT2D eigenvalue weighted by molar-refractivity contribution is -0.121. The number of ether oxygens (including phenoxy) is 1. The van der Waals surface area contributed by atoms with Gasteiger partial charge in [0, 0.05) is 33.6 Å². The molecule has 3 rings (SSSR count). The number of piperidine rings is 1. The van der Waals surface area contributed by atoms with Crippen LogP contribution in [0.15, 0.2) is 47.4 Å². The van der Waals surface area contributed by atoms with Crippen molar-refractivity contribution in [2.75, 3.05) is 34.3 Å². The Bertz CT molecular complexity index is 1050. The van der Waals surface area contributed by atoms with Gasteiger partial charge in [0.25, 0.3) is 0 Å². The summed E-state index contributed by atoms with van der Waals surface area (Å²) in [5.74, 6) is 0.498. The molecule has 1 saturated heterocycles. The minimum absolute atomic E-state index is 0.0781. The van der Waals surface area contributed by atoms with Crippen LogP contribution in [0, 0.1) is 0 Å². The lowest BCUT2D eigenvalue weighted by atomic mass is 10.0. The highest BCUT2D eigenvalue weighted by atomic mass is 32.2. The number of rotatable bonds is 10. The number of nitrogens with zero attached hydrogens (tertiary/aromatic N) is 2. The van der Waals surface area contributed by atoms with Gasteiger partial charge in [0.2, 0.25) is 15.9 Å². The van der Waals surface area contributed by atoms with E-state index < -0.39 is 10.0 Å². The number of aryl methyl sites for hydroxylation is 1. The molecule has 0 atom stereocenters.